The summed E-state index contributed by atoms with van der Waals surface area (Å²) in [5.41, 5.74) is 0.976. The topological polar surface area (TPSA) is 30.5 Å². The highest BCUT2D eigenvalue weighted by Gasteiger charge is 2.31. The Morgan fingerprint density at radius 3 is 2.86 bits per heavy atom. The van der Waals surface area contributed by atoms with Gasteiger partial charge in [0, 0.05) is 12.6 Å². The van der Waals surface area contributed by atoms with Crippen LogP contribution in [0.3, 0.4) is 0 Å². The fourth-order valence-electron chi connectivity index (χ4n) is 2.96. The smallest absolute Gasteiger partial charge is 0.165 e. The van der Waals surface area contributed by atoms with E-state index in [1.165, 1.54) is 7.11 Å². The maximum atomic E-state index is 13.8. The van der Waals surface area contributed by atoms with Crippen molar-refractivity contribution in [2.24, 2.45) is 5.92 Å². The molecule has 0 amide bonds. The SMILES string of the molecule is CCCNC(Cc1ccc(OC)c(F)c1)C1OCCC1C. The second-order valence-electron chi connectivity index (χ2n) is 5.84. The molecule has 21 heavy (non-hydrogen) atoms. The van der Waals surface area contributed by atoms with Gasteiger partial charge >= 0.3 is 0 Å². The molecule has 3 nitrogen and oxygen atoms in total. The predicted molar refractivity (Wildman–Crippen MR) is 82.3 cm³/mol. The summed E-state index contributed by atoms with van der Waals surface area (Å²) < 4.78 is 24.7. The van der Waals surface area contributed by atoms with Crippen LogP contribution in [0, 0.1) is 11.7 Å². The van der Waals surface area contributed by atoms with E-state index >= 15 is 0 Å². The Kier molecular flexibility index (Phi) is 6.00. The van der Waals surface area contributed by atoms with Crippen LogP contribution in [-0.4, -0.2) is 32.4 Å². The largest absolute Gasteiger partial charge is 0.494 e. The number of methoxy groups -OCH3 is 1. The van der Waals surface area contributed by atoms with E-state index in [0.29, 0.717) is 11.7 Å². The highest BCUT2D eigenvalue weighted by Crippen LogP contribution is 2.26. The van der Waals surface area contributed by atoms with Gasteiger partial charge < -0.3 is 14.8 Å². The van der Waals surface area contributed by atoms with Gasteiger partial charge in [-0.15, -0.1) is 0 Å². The van der Waals surface area contributed by atoms with Crippen molar-refractivity contribution in [1.29, 1.82) is 0 Å². The standard InChI is InChI=1S/C17H26FNO2/c1-4-8-19-15(17-12(2)7-9-21-17)11-13-5-6-16(20-3)14(18)10-13/h5-6,10,12,15,17,19H,4,7-9,11H2,1-3H3. The maximum absolute atomic E-state index is 13.8. The molecule has 1 aliphatic heterocycles. The van der Waals surface area contributed by atoms with Crippen LogP contribution < -0.4 is 10.1 Å². The Labute approximate surface area is 126 Å². The molecule has 0 saturated carbocycles. The van der Waals surface area contributed by atoms with Crippen LogP contribution in [0.5, 0.6) is 5.75 Å². The summed E-state index contributed by atoms with van der Waals surface area (Å²) in [5.74, 6) is 0.536. The van der Waals surface area contributed by atoms with Gasteiger partial charge in [-0.05, 0) is 49.4 Å². The van der Waals surface area contributed by atoms with Crippen molar-refractivity contribution in [3.8, 4) is 5.75 Å². The maximum Gasteiger partial charge on any atom is 0.165 e. The molecule has 1 saturated heterocycles. The third-order valence-electron chi connectivity index (χ3n) is 4.17. The van der Waals surface area contributed by atoms with Crippen molar-refractivity contribution in [1.82, 2.24) is 5.32 Å². The number of hydrogen-bond donors (Lipinski definition) is 1. The van der Waals surface area contributed by atoms with Crippen LogP contribution in [0.1, 0.15) is 32.3 Å². The van der Waals surface area contributed by atoms with Gasteiger partial charge in [-0.3, -0.25) is 0 Å². The van der Waals surface area contributed by atoms with Gasteiger partial charge in [0.25, 0.3) is 0 Å². The minimum atomic E-state index is -0.301. The molecule has 0 bridgehead atoms. The summed E-state index contributed by atoms with van der Waals surface area (Å²) >= 11 is 0. The first-order valence-electron chi connectivity index (χ1n) is 7.83. The van der Waals surface area contributed by atoms with Gasteiger partial charge in [-0.1, -0.05) is 19.9 Å². The molecule has 1 aliphatic rings. The van der Waals surface area contributed by atoms with Gasteiger partial charge in [-0.25, -0.2) is 4.39 Å². The average Bonchev–Trinajstić information content (AvgIpc) is 2.90. The van der Waals surface area contributed by atoms with E-state index in [1.54, 1.807) is 12.1 Å². The number of ether oxygens (including phenoxy) is 2. The molecule has 1 heterocycles. The number of halogens is 1. The molecule has 1 N–H and O–H groups in total. The lowest BCUT2D eigenvalue weighted by molar-refractivity contribution is 0.0610. The van der Waals surface area contributed by atoms with E-state index in [1.807, 2.05) is 6.07 Å². The molecule has 1 aromatic carbocycles. The molecule has 2 rings (SSSR count). The molecule has 1 fully saturated rings. The van der Waals surface area contributed by atoms with Gasteiger partial charge in [-0.2, -0.15) is 0 Å². The Hall–Kier alpha value is -1.13. The molecule has 1 aromatic rings. The van der Waals surface area contributed by atoms with Crippen LogP contribution in [0.15, 0.2) is 18.2 Å². The third kappa shape index (κ3) is 4.17. The van der Waals surface area contributed by atoms with Crippen molar-refractivity contribution in [3.63, 3.8) is 0 Å². The van der Waals surface area contributed by atoms with Crippen molar-refractivity contribution in [2.75, 3.05) is 20.3 Å². The second-order valence-corrected chi connectivity index (χ2v) is 5.84. The first-order valence-corrected chi connectivity index (χ1v) is 7.83. The summed E-state index contributed by atoms with van der Waals surface area (Å²) in [6, 6.07) is 5.43. The molecule has 118 valence electrons. The molecule has 3 unspecified atom stereocenters. The van der Waals surface area contributed by atoms with E-state index in [0.717, 1.165) is 38.0 Å². The fraction of sp³-hybridized carbons (Fsp3) is 0.647. The van der Waals surface area contributed by atoms with Crippen LogP contribution in [0.4, 0.5) is 4.39 Å². The van der Waals surface area contributed by atoms with E-state index < -0.39 is 0 Å². The van der Waals surface area contributed by atoms with Crippen molar-refractivity contribution in [3.05, 3.63) is 29.6 Å². The van der Waals surface area contributed by atoms with Crippen LogP contribution in [0.25, 0.3) is 0 Å². The quantitative estimate of drug-likeness (QED) is 0.838. The Balaban J connectivity index is 2.08. The Morgan fingerprint density at radius 2 is 2.29 bits per heavy atom. The zero-order valence-electron chi connectivity index (χ0n) is 13.2. The number of nitrogens with one attached hydrogen (secondary N) is 1. The normalized spacial score (nSPS) is 23.2. The van der Waals surface area contributed by atoms with Gasteiger partial charge in [0.2, 0.25) is 0 Å². The highest BCUT2D eigenvalue weighted by atomic mass is 19.1. The molecule has 3 atom stereocenters. The van der Waals surface area contributed by atoms with Gasteiger partial charge in [0.15, 0.2) is 11.6 Å². The lowest BCUT2D eigenvalue weighted by Crippen LogP contribution is -2.44. The summed E-state index contributed by atoms with van der Waals surface area (Å²) in [7, 11) is 1.48. The third-order valence-corrected chi connectivity index (χ3v) is 4.17. The number of rotatable bonds is 7. The monoisotopic (exact) mass is 295 g/mol. The molecule has 0 radical (unpaired) electrons. The van der Waals surface area contributed by atoms with E-state index in [9.17, 15) is 4.39 Å². The first kappa shape index (κ1) is 16.2. The minimum absolute atomic E-state index is 0.210. The number of benzene rings is 1. The molecule has 4 heteroatoms. The highest BCUT2D eigenvalue weighted by molar-refractivity contribution is 5.29. The van der Waals surface area contributed by atoms with Gasteiger partial charge in [0.1, 0.15) is 0 Å². The lowest BCUT2D eigenvalue weighted by atomic mass is 9.92. The zero-order valence-corrected chi connectivity index (χ0v) is 13.2. The fourth-order valence-corrected chi connectivity index (χ4v) is 2.96. The predicted octanol–water partition coefficient (Wildman–Crippen LogP) is 3.17. The van der Waals surface area contributed by atoms with E-state index in [2.05, 4.69) is 19.2 Å². The Morgan fingerprint density at radius 1 is 1.48 bits per heavy atom. The van der Waals surface area contributed by atoms with Crippen molar-refractivity contribution >= 4 is 0 Å². The number of hydrogen-bond acceptors (Lipinski definition) is 3. The van der Waals surface area contributed by atoms with E-state index in [-0.39, 0.29) is 18.0 Å². The lowest BCUT2D eigenvalue weighted by Gasteiger charge is -2.27. The van der Waals surface area contributed by atoms with Crippen LogP contribution in [-0.2, 0) is 11.2 Å². The summed E-state index contributed by atoms with van der Waals surface area (Å²) in [4.78, 5) is 0. The zero-order chi connectivity index (χ0) is 15.2. The summed E-state index contributed by atoms with van der Waals surface area (Å²) in [5, 5.41) is 3.56. The van der Waals surface area contributed by atoms with Crippen molar-refractivity contribution < 1.29 is 13.9 Å². The van der Waals surface area contributed by atoms with Gasteiger partial charge in [0.05, 0.1) is 13.2 Å². The molecule has 0 spiro atoms. The van der Waals surface area contributed by atoms with Crippen LogP contribution in [0.2, 0.25) is 0 Å². The average molecular weight is 295 g/mol. The molecule has 0 aliphatic carbocycles. The molecule has 0 aromatic heterocycles. The Bertz CT molecular complexity index is 452. The summed E-state index contributed by atoms with van der Waals surface area (Å²) in [6.45, 7) is 6.16. The minimum Gasteiger partial charge on any atom is -0.494 e. The first-order chi connectivity index (χ1) is 10.2. The molecular formula is C17H26FNO2. The van der Waals surface area contributed by atoms with E-state index in [4.69, 9.17) is 9.47 Å². The van der Waals surface area contributed by atoms with Crippen molar-refractivity contribution in [2.45, 2.75) is 45.3 Å². The second kappa shape index (κ2) is 7.76. The van der Waals surface area contributed by atoms with Crippen LogP contribution >= 0.6 is 0 Å². The molecular weight excluding hydrogens is 269 g/mol. The summed E-state index contributed by atoms with van der Waals surface area (Å²) in [6.07, 6.45) is 3.16.